The van der Waals surface area contributed by atoms with Gasteiger partial charge in [-0.1, -0.05) is 0 Å². The van der Waals surface area contributed by atoms with Crippen molar-refractivity contribution in [2.24, 2.45) is 0 Å². The van der Waals surface area contributed by atoms with Crippen LogP contribution >= 0.6 is 27.3 Å². The van der Waals surface area contributed by atoms with Crippen LogP contribution in [0.2, 0.25) is 0 Å². The van der Waals surface area contributed by atoms with Crippen LogP contribution in [0.1, 0.15) is 0 Å². The molecule has 0 bridgehead atoms. The van der Waals surface area contributed by atoms with Gasteiger partial charge >= 0.3 is 0 Å². The van der Waals surface area contributed by atoms with Crippen LogP contribution in [0.25, 0.3) is 0 Å². The topological polar surface area (TPSA) is 46.2 Å². The third kappa shape index (κ3) is 3.22. The van der Waals surface area contributed by atoms with Gasteiger partial charge in [0.2, 0.25) is 10.0 Å². The fourth-order valence-corrected chi connectivity index (χ4v) is 2.74. The second-order valence-corrected chi connectivity index (χ2v) is 6.19. The first-order valence-electron chi connectivity index (χ1n) is 2.70. The predicted molar refractivity (Wildman–Crippen MR) is 50.5 cm³/mol. The minimum Gasteiger partial charge on any atom is -0.275 e. The maximum Gasteiger partial charge on any atom is 0.230 e. The van der Waals surface area contributed by atoms with E-state index in [0.29, 0.717) is 5.00 Å². The normalized spacial score (nSPS) is 11.5. The van der Waals surface area contributed by atoms with E-state index in [1.165, 1.54) is 11.3 Å². The predicted octanol–water partition coefficient (Wildman–Crippen LogP) is 1.88. The monoisotopic (exact) mass is 255 g/mol. The molecule has 3 nitrogen and oxygen atoms in total. The highest BCUT2D eigenvalue weighted by Crippen LogP contribution is 2.26. The Hall–Kier alpha value is -0.0700. The quantitative estimate of drug-likeness (QED) is 0.878. The minimum absolute atomic E-state index is 0.624. The van der Waals surface area contributed by atoms with E-state index >= 15 is 0 Å². The Morgan fingerprint density at radius 2 is 2.18 bits per heavy atom. The van der Waals surface area contributed by atoms with Crippen molar-refractivity contribution in [2.75, 3.05) is 11.0 Å². The van der Waals surface area contributed by atoms with E-state index in [4.69, 9.17) is 0 Å². The van der Waals surface area contributed by atoms with Gasteiger partial charge in [0.1, 0.15) is 5.00 Å². The summed E-state index contributed by atoms with van der Waals surface area (Å²) < 4.78 is 24.6. The highest BCUT2D eigenvalue weighted by atomic mass is 79.9. The van der Waals surface area contributed by atoms with E-state index in [2.05, 4.69) is 20.7 Å². The maximum atomic E-state index is 10.7. The maximum absolute atomic E-state index is 10.7. The lowest BCUT2D eigenvalue weighted by Gasteiger charge is -1.96. The van der Waals surface area contributed by atoms with Gasteiger partial charge in [-0.2, -0.15) is 0 Å². The van der Waals surface area contributed by atoms with Crippen molar-refractivity contribution in [3.05, 3.63) is 15.9 Å². The van der Waals surface area contributed by atoms with Gasteiger partial charge in [0, 0.05) is 0 Å². The summed E-state index contributed by atoms with van der Waals surface area (Å²) in [6, 6.07) is 3.49. The van der Waals surface area contributed by atoms with Crippen molar-refractivity contribution in [3.63, 3.8) is 0 Å². The first-order valence-corrected chi connectivity index (χ1v) is 6.20. The Bertz CT molecular complexity index is 343. The fourth-order valence-electron chi connectivity index (χ4n) is 0.552. The van der Waals surface area contributed by atoms with E-state index < -0.39 is 10.0 Å². The molecule has 0 aliphatic carbocycles. The lowest BCUT2D eigenvalue weighted by molar-refractivity contribution is 0.607. The highest BCUT2D eigenvalue weighted by Gasteiger charge is 2.02. The van der Waals surface area contributed by atoms with Gasteiger partial charge in [0.05, 0.1) is 10.0 Å². The smallest absolute Gasteiger partial charge is 0.230 e. The molecule has 0 amide bonds. The van der Waals surface area contributed by atoms with E-state index in [1.54, 1.807) is 12.1 Å². The summed E-state index contributed by atoms with van der Waals surface area (Å²) in [7, 11) is -3.12. The molecule has 11 heavy (non-hydrogen) atoms. The number of nitrogens with one attached hydrogen (secondary N) is 1. The molecule has 1 rings (SSSR count). The summed E-state index contributed by atoms with van der Waals surface area (Å²) in [5, 5.41) is 0.624. The van der Waals surface area contributed by atoms with E-state index in [-0.39, 0.29) is 0 Å². The number of rotatable bonds is 2. The van der Waals surface area contributed by atoms with Crippen LogP contribution in [0, 0.1) is 0 Å². The van der Waals surface area contributed by atoms with E-state index in [0.717, 1.165) is 10.0 Å². The first-order chi connectivity index (χ1) is 4.97. The molecule has 6 heteroatoms. The number of thiophene rings is 1. The van der Waals surface area contributed by atoms with Crippen molar-refractivity contribution in [2.45, 2.75) is 0 Å². The van der Waals surface area contributed by atoms with Crippen LogP contribution in [-0.2, 0) is 10.0 Å². The summed E-state index contributed by atoms with van der Waals surface area (Å²) >= 11 is 4.56. The molecule has 1 aromatic heterocycles. The van der Waals surface area contributed by atoms with Crippen LogP contribution in [-0.4, -0.2) is 14.7 Å². The number of hydrogen-bond acceptors (Lipinski definition) is 3. The molecule has 0 aliphatic rings. The minimum atomic E-state index is -3.12. The molecule has 0 fully saturated rings. The third-order valence-corrected chi connectivity index (χ3v) is 3.12. The molecule has 0 radical (unpaired) electrons. The molecule has 1 N–H and O–H groups in total. The van der Waals surface area contributed by atoms with Gasteiger partial charge in [0.25, 0.3) is 0 Å². The zero-order valence-electron chi connectivity index (χ0n) is 5.67. The third-order valence-electron chi connectivity index (χ3n) is 0.859. The standard InChI is InChI=1S/C5H6BrNO2S2/c1-11(8,9)7-5-3-2-4(6)10-5/h2-3,7H,1H3. The van der Waals surface area contributed by atoms with Crippen molar-refractivity contribution in [3.8, 4) is 0 Å². The molecule has 0 saturated carbocycles. The lowest BCUT2D eigenvalue weighted by atomic mass is 10.6. The van der Waals surface area contributed by atoms with Crippen molar-refractivity contribution in [1.29, 1.82) is 0 Å². The number of hydrogen-bond donors (Lipinski definition) is 1. The number of anilines is 1. The molecule has 0 saturated heterocycles. The van der Waals surface area contributed by atoms with Crippen LogP contribution < -0.4 is 4.72 Å². The van der Waals surface area contributed by atoms with Gasteiger partial charge in [-0.05, 0) is 28.1 Å². The first kappa shape index (κ1) is 9.02. The average molecular weight is 256 g/mol. The van der Waals surface area contributed by atoms with Crippen LogP contribution in [0.15, 0.2) is 15.9 Å². The van der Waals surface area contributed by atoms with Gasteiger partial charge in [-0.3, -0.25) is 4.72 Å². The van der Waals surface area contributed by atoms with Crippen LogP contribution in [0.3, 0.4) is 0 Å². The molecule has 0 spiro atoms. The van der Waals surface area contributed by atoms with Gasteiger partial charge < -0.3 is 0 Å². The van der Waals surface area contributed by atoms with Crippen LogP contribution in [0.5, 0.6) is 0 Å². The second kappa shape index (κ2) is 3.12. The molecule has 62 valence electrons. The molecule has 0 atom stereocenters. The Labute approximate surface area is 77.6 Å². The molecule has 0 aromatic carbocycles. The number of halogens is 1. The highest BCUT2D eigenvalue weighted by molar-refractivity contribution is 9.11. The second-order valence-electron chi connectivity index (χ2n) is 1.98. The van der Waals surface area contributed by atoms with Gasteiger partial charge in [-0.25, -0.2) is 8.42 Å². The summed E-state index contributed by atoms with van der Waals surface area (Å²) in [6.45, 7) is 0. The molecular formula is C5H6BrNO2S2. The van der Waals surface area contributed by atoms with Crippen molar-refractivity contribution in [1.82, 2.24) is 0 Å². The van der Waals surface area contributed by atoms with Gasteiger partial charge in [-0.15, -0.1) is 11.3 Å². The Balaban J connectivity index is 2.81. The van der Waals surface area contributed by atoms with E-state index in [9.17, 15) is 8.42 Å². The summed E-state index contributed by atoms with van der Waals surface area (Å²) in [6.07, 6.45) is 1.13. The van der Waals surface area contributed by atoms with Crippen LogP contribution in [0.4, 0.5) is 5.00 Å². The Kier molecular flexibility index (Phi) is 2.56. The van der Waals surface area contributed by atoms with Crippen molar-refractivity contribution < 1.29 is 8.42 Å². The Morgan fingerprint density at radius 1 is 1.55 bits per heavy atom. The molecule has 1 heterocycles. The summed E-state index contributed by atoms with van der Waals surface area (Å²) in [4.78, 5) is 0. The summed E-state index contributed by atoms with van der Waals surface area (Å²) in [5.74, 6) is 0. The molecule has 1 aromatic rings. The average Bonchev–Trinajstić information content (AvgIpc) is 2.10. The lowest BCUT2D eigenvalue weighted by Crippen LogP contribution is -2.07. The van der Waals surface area contributed by atoms with E-state index in [1.807, 2.05) is 0 Å². The summed E-state index contributed by atoms with van der Waals surface area (Å²) in [5.41, 5.74) is 0. The molecule has 0 aliphatic heterocycles. The molecular weight excluding hydrogens is 250 g/mol. The largest absolute Gasteiger partial charge is 0.275 e. The zero-order valence-corrected chi connectivity index (χ0v) is 8.88. The zero-order chi connectivity index (χ0) is 8.48. The van der Waals surface area contributed by atoms with Crippen molar-refractivity contribution >= 4 is 42.3 Å². The number of sulfonamides is 1. The molecule has 0 unspecified atom stereocenters. The van der Waals surface area contributed by atoms with Gasteiger partial charge in [0.15, 0.2) is 0 Å². The fraction of sp³-hybridized carbons (Fsp3) is 0.200. The SMILES string of the molecule is CS(=O)(=O)Nc1ccc(Br)s1. The Morgan fingerprint density at radius 3 is 2.55 bits per heavy atom.